The highest BCUT2D eigenvalue weighted by Crippen LogP contribution is 2.32. The highest BCUT2D eigenvalue weighted by Gasteiger charge is 2.16. The van der Waals surface area contributed by atoms with Crippen LogP contribution < -0.4 is 9.46 Å². The first-order chi connectivity index (χ1) is 9.50. The molecule has 2 rings (SSSR count). The normalized spacial score (nSPS) is 11.8. The van der Waals surface area contributed by atoms with Gasteiger partial charge in [0.25, 0.3) is 0 Å². The molecule has 0 unspecified atom stereocenters. The smallest absolute Gasteiger partial charge is 0.232 e. The van der Waals surface area contributed by atoms with E-state index in [1.807, 2.05) is 13.8 Å². The van der Waals surface area contributed by atoms with Crippen molar-refractivity contribution >= 4 is 26.7 Å². The zero-order chi connectivity index (χ0) is 14.8. The largest absolute Gasteiger partial charge is 0.494 e. The molecule has 1 aromatic heterocycles. The van der Waals surface area contributed by atoms with E-state index in [1.165, 1.54) is 7.11 Å². The van der Waals surface area contributed by atoms with Gasteiger partial charge in [0.2, 0.25) is 10.0 Å². The fourth-order valence-corrected chi connectivity index (χ4v) is 3.14. The Morgan fingerprint density at radius 2 is 2.10 bits per heavy atom. The van der Waals surface area contributed by atoms with Gasteiger partial charge < -0.3 is 9.26 Å². The number of aryl methyl sites for hydroxylation is 1. The van der Waals surface area contributed by atoms with E-state index in [-0.39, 0.29) is 5.75 Å². The average molecular weight is 298 g/mol. The van der Waals surface area contributed by atoms with Gasteiger partial charge in [-0.05, 0) is 18.9 Å². The first kappa shape index (κ1) is 14.6. The number of sulfonamides is 1. The Hall–Kier alpha value is -1.76. The van der Waals surface area contributed by atoms with Crippen LogP contribution in [0.5, 0.6) is 5.75 Å². The number of anilines is 1. The summed E-state index contributed by atoms with van der Waals surface area (Å²) >= 11 is 0. The molecule has 0 atom stereocenters. The Morgan fingerprint density at radius 1 is 1.35 bits per heavy atom. The first-order valence-corrected chi connectivity index (χ1v) is 8.12. The molecule has 0 aliphatic heterocycles. The standard InChI is InChI=1S/C13H18N2O4S/c1-4-6-20(16,17)15-11-7-9-10(5-2)14-19-12(9)8-13(11)18-3/h7-8,15H,4-6H2,1-3H3. The molecule has 7 heteroatoms. The molecule has 2 aromatic rings. The molecule has 110 valence electrons. The summed E-state index contributed by atoms with van der Waals surface area (Å²) in [4.78, 5) is 0. The Balaban J connectivity index is 2.50. The number of fused-ring (bicyclic) bond motifs is 1. The summed E-state index contributed by atoms with van der Waals surface area (Å²) in [6.45, 7) is 3.78. The van der Waals surface area contributed by atoms with E-state index in [2.05, 4.69) is 9.88 Å². The third kappa shape index (κ3) is 2.87. The molecule has 0 aliphatic rings. The van der Waals surface area contributed by atoms with Gasteiger partial charge in [0.15, 0.2) is 5.58 Å². The lowest BCUT2D eigenvalue weighted by Gasteiger charge is -2.11. The van der Waals surface area contributed by atoms with Crippen LogP contribution in [0.25, 0.3) is 11.0 Å². The second-order valence-electron chi connectivity index (χ2n) is 4.45. The Kier molecular flexibility index (Phi) is 4.17. The van der Waals surface area contributed by atoms with Crippen LogP contribution in [-0.2, 0) is 16.4 Å². The molecule has 0 spiro atoms. The van der Waals surface area contributed by atoms with Gasteiger partial charge >= 0.3 is 0 Å². The summed E-state index contributed by atoms with van der Waals surface area (Å²) in [6, 6.07) is 3.35. The molecule has 0 fully saturated rings. The highest BCUT2D eigenvalue weighted by atomic mass is 32.2. The van der Waals surface area contributed by atoms with Crippen LogP contribution in [0.3, 0.4) is 0 Å². The van der Waals surface area contributed by atoms with Crippen molar-refractivity contribution in [2.45, 2.75) is 26.7 Å². The van der Waals surface area contributed by atoms with Crippen molar-refractivity contribution in [3.63, 3.8) is 0 Å². The van der Waals surface area contributed by atoms with Crippen molar-refractivity contribution in [1.82, 2.24) is 5.16 Å². The van der Waals surface area contributed by atoms with Gasteiger partial charge in [0, 0.05) is 11.5 Å². The van der Waals surface area contributed by atoms with Crippen molar-refractivity contribution < 1.29 is 17.7 Å². The zero-order valence-electron chi connectivity index (χ0n) is 11.8. The molecule has 1 heterocycles. The van der Waals surface area contributed by atoms with Crippen molar-refractivity contribution in [3.8, 4) is 5.75 Å². The SMILES string of the molecule is CCCS(=O)(=O)Nc1cc2c(CC)noc2cc1OC. The molecule has 0 amide bonds. The number of hydrogen-bond acceptors (Lipinski definition) is 5. The van der Waals surface area contributed by atoms with E-state index in [0.29, 0.717) is 29.9 Å². The average Bonchev–Trinajstić information content (AvgIpc) is 2.79. The second kappa shape index (κ2) is 5.70. The minimum Gasteiger partial charge on any atom is -0.494 e. The quantitative estimate of drug-likeness (QED) is 0.886. The monoisotopic (exact) mass is 298 g/mol. The lowest BCUT2D eigenvalue weighted by atomic mass is 10.1. The third-order valence-corrected chi connectivity index (χ3v) is 4.42. The Bertz CT molecular complexity index is 706. The van der Waals surface area contributed by atoms with E-state index >= 15 is 0 Å². The number of benzene rings is 1. The van der Waals surface area contributed by atoms with Crippen molar-refractivity contribution in [2.75, 3.05) is 17.6 Å². The van der Waals surface area contributed by atoms with Crippen LogP contribution in [0.1, 0.15) is 26.0 Å². The Morgan fingerprint density at radius 3 is 2.70 bits per heavy atom. The van der Waals surface area contributed by atoms with Crippen LogP contribution >= 0.6 is 0 Å². The number of hydrogen-bond donors (Lipinski definition) is 1. The number of methoxy groups -OCH3 is 1. The van der Waals surface area contributed by atoms with Gasteiger partial charge in [-0.1, -0.05) is 19.0 Å². The lowest BCUT2D eigenvalue weighted by molar-refractivity contribution is 0.413. The van der Waals surface area contributed by atoms with Gasteiger partial charge in [0.1, 0.15) is 5.75 Å². The maximum Gasteiger partial charge on any atom is 0.232 e. The van der Waals surface area contributed by atoms with Crippen LogP contribution in [0.15, 0.2) is 16.7 Å². The summed E-state index contributed by atoms with van der Waals surface area (Å²) in [5.74, 6) is 0.481. The summed E-state index contributed by atoms with van der Waals surface area (Å²) in [6.07, 6.45) is 1.26. The minimum absolute atomic E-state index is 0.0679. The van der Waals surface area contributed by atoms with Gasteiger partial charge in [-0.2, -0.15) is 0 Å². The minimum atomic E-state index is -3.37. The predicted molar refractivity (Wildman–Crippen MR) is 77.6 cm³/mol. The van der Waals surface area contributed by atoms with Gasteiger partial charge in [0.05, 0.1) is 24.2 Å². The predicted octanol–water partition coefficient (Wildman–Crippen LogP) is 2.55. The molecule has 0 saturated heterocycles. The molecule has 1 N–H and O–H groups in total. The molecule has 0 saturated carbocycles. The molecule has 1 aromatic carbocycles. The van der Waals surface area contributed by atoms with E-state index in [0.717, 1.165) is 11.1 Å². The number of aromatic nitrogens is 1. The molecule has 0 aliphatic carbocycles. The fourth-order valence-electron chi connectivity index (χ4n) is 2.01. The summed E-state index contributed by atoms with van der Waals surface area (Å²) < 4.78 is 36.7. The number of nitrogens with zero attached hydrogens (tertiary/aromatic N) is 1. The van der Waals surface area contributed by atoms with Crippen molar-refractivity contribution in [3.05, 3.63) is 17.8 Å². The van der Waals surface area contributed by atoms with E-state index in [9.17, 15) is 8.42 Å². The lowest BCUT2D eigenvalue weighted by Crippen LogP contribution is -2.16. The van der Waals surface area contributed by atoms with Gasteiger partial charge in [-0.3, -0.25) is 4.72 Å². The first-order valence-electron chi connectivity index (χ1n) is 6.47. The topological polar surface area (TPSA) is 81.4 Å². The maximum absolute atomic E-state index is 11.9. The van der Waals surface area contributed by atoms with Crippen LogP contribution in [-0.4, -0.2) is 26.4 Å². The van der Waals surface area contributed by atoms with Gasteiger partial charge in [-0.25, -0.2) is 8.42 Å². The van der Waals surface area contributed by atoms with Crippen LogP contribution in [0.2, 0.25) is 0 Å². The number of nitrogens with one attached hydrogen (secondary N) is 1. The van der Waals surface area contributed by atoms with E-state index in [1.54, 1.807) is 12.1 Å². The summed E-state index contributed by atoms with van der Waals surface area (Å²) in [5, 5.41) is 4.75. The zero-order valence-corrected chi connectivity index (χ0v) is 12.6. The molecule has 6 nitrogen and oxygen atoms in total. The fraction of sp³-hybridized carbons (Fsp3) is 0.462. The molecular weight excluding hydrogens is 280 g/mol. The molecule has 0 radical (unpaired) electrons. The number of ether oxygens (including phenoxy) is 1. The van der Waals surface area contributed by atoms with Crippen LogP contribution in [0, 0.1) is 0 Å². The van der Waals surface area contributed by atoms with E-state index in [4.69, 9.17) is 9.26 Å². The summed E-state index contributed by atoms with van der Waals surface area (Å²) in [7, 11) is -1.89. The van der Waals surface area contributed by atoms with Crippen molar-refractivity contribution in [2.24, 2.45) is 0 Å². The van der Waals surface area contributed by atoms with E-state index < -0.39 is 10.0 Å². The highest BCUT2D eigenvalue weighted by molar-refractivity contribution is 7.92. The van der Waals surface area contributed by atoms with Crippen LogP contribution in [0.4, 0.5) is 5.69 Å². The third-order valence-electron chi connectivity index (χ3n) is 2.94. The van der Waals surface area contributed by atoms with Gasteiger partial charge in [-0.15, -0.1) is 0 Å². The second-order valence-corrected chi connectivity index (χ2v) is 6.29. The maximum atomic E-state index is 11.9. The number of rotatable bonds is 6. The molecule has 0 bridgehead atoms. The Labute approximate surface area is 118 Å². The molecular formula is C13H18N2O4S. The molecule has 20 heavy (non-hydrogen) atoms. The summed E-state index contributed by atoms with van der Waals surface area (Å²) in [5.41, 5.74) is 1.78. The van der Waals surface area contributed by atoms with Crippen molar-refractivity contribution in [1.29, 1.82) is 0 Å².